The van der Waals surface area contributed by atoms with Crippen molar-refractivity contribution >= 4 is 27.5 Å². The van der Waals surface area contributed by atoms with Gasteiger partial charge in [0.05, 0.1) is 17.2 Å². The van der Waals surface area contributed by atoms with Gasteiger partial charge in [0.25, 0.3) is 10.0 Å². The van der Waals surface area contributed by atoms with Crippen molar-refractivity contribution in [1.29, 1.82) is 0 Å². The first kappa shape index (κ1) is 28.7. The summed E-state index contributed by atoms with van der Waals surface area (Å²) in [5.74, 6) is -0.542. The second-order valence-electron chi connectivity index (χ2n) is 9.02. The molecule has 0 heterocycles. The van der Waals surface area contributed by atoms with Gasteiger partial charge in [-0.2, -0.15) is 0 Å². The summed E-state index contributed by atoms with van der Waals surface area (Å²) < 4.78 is 34.7. The van der Waals surface area contributed by atoms with Crippen LogP contribution in [0, 0.1) is 13.8 Å². The van der Waals surface area contributed by atoms with Crippen LogP contribution in [0.5, 0.6) is 5.75 Å². The number of nitrogens with zero attached hydrogens (tertiary/aromatic N) is 2. The molecule has 9 heteroatoms. The molecule has 202 valence electrons. The van der Waals surface area contributed by atoms with Crippen LogP contribution < -0.4 is 14.4 Å². The SMILES string of the molecule is CCOc1ccccc1N(CC(=O)N(Cc1ccc(C)cc1)[C@@H](C)C(=O)NC)S(=O)(=O)c1ccc(C)cc1. The molecule has 38 heavy (non-hydrogen) atoms. The predicted molar refractivity (Wildman–Crippen MR) is 149 cm³/mol. The molecule has 3 rings (SSSR count). The average Bonchev–Trinajstić information content (AvgIpc) is 2.91. The molecule has 0 aliphatic heterocycles. The Morgan fingerprint density at radius 3 is 2.08 bits per heavy atom. The van der Waals surface area contributed by atoms with Crippen molar-refractivity contribution in [2.45, 2.75) is 45.2 Å². The van der Waals surface area contributed by atoms with Crippen molar-refractivity contribution in [1.82, 2.24) is 10.2 Å². The molecular weight excluding hydrogens is 502 g/mol. The zero-order valence-corrected chi connectivity index (χ0v) is 23.3. The van der Waals surface area contributed by atoms with Crippen molar-refractivity contribution in [2.75, 3.05) is 24.5 Å². The number of aryl methyl sites for hydroxylation is 2. The molecule has 0 radical (unpaired) electrons. The molecule has 0 aromatic heterocycles. The van der Waals surface area contributed by atoms with Gasteiger partial charge < -0.3 is 15.0 Å². The number of anilines is 1. The highest BCUT2D eigenvalue weighted by Crippen LogP contribution is 2.33. The summed E-state index contributed by atoms with van der Waals surface area (Å²) >= 11 is 0. The molecule has 0 aliphatic carbocycles. The lowest BCUT2D eigenvalue weighted by Gasteiger charge is -2.32. The van der Waals surface area contributed by atoms with Gasteiger partial charge in [-0.3, -0.25) is 13.9 Å². The molecule has 0 saturated carbocycles. The van der Waals surface area contributed by atoms with Gasteiger partial charge in [-0.25, -0.2) is 8.42 Å². The fraction of sp³-hybridized carbons (Fsp3) is 0.310. The Morgan fingerprint density at radius 2 is 1.50 bits per heavy atom. The first-order valence-corrected chi connectivity index (χ1v) is 13.9. The predicted octanol–water partition coefficient (Wildman–Crippen LogP) is 4.06. The normalized spacial score (nSPS) is 11.9. The molecule has 0 spiro atoms. The van der Waals surface area contributed by atoms with Gasteiger partial charge in [0.1, 0.15) is 18.3 Å². The average molecular weight is 538 g/mol. The van der Waals surface area contributed by atoms with Gasteiger partial charge in [0, 0.05) is 13.6 Å². The highest BCUT2D eigenvalue weighted by atomic mass is 32.2. The van der Waals surface area contributed by atoms with E-state index in [1.165, 1.54) is 24.1 Å². The number of sulfonamides is 1. The third kappa shape index (κ3) is 6.72. The van der Waals surface area contributed by atoms with Crippen molar-refractivity contribution in [3.63, 3.8) is 0 Å². The fourth-order valence-corrected chi connectivity index (χ4v) is 5.40. The molecule has 3 aromatic rings. The van der Waals surface area contributed by atoms with Crippen LogP contribution in [0.2, 0.25) is 0 Å². The third-order valence-electron chi connectivity index (χ3n) is 6.21. The molecule has 0 bridgehead atoms. The lowest BCUT2D eigenvalue weighted by atomic mass is 10.1. The van der Waals surface area contributed by atoms with Crippen molar-refractivity contribution in [3.8, 4) is 5.75 Å². The summed E-state index contributed by atoms with van der Waals surface area (Å²) in [5, 5.41) is 2.58. The quantitative estimate of drug-likeness (QED) is 0.398. The van der Waals surface area contributed by atoms with E-state index < -0.39 is 28.5 Å². The topological polar surface area (TPSA) is 96.0 Å². The molecule has 2 amide bonds. The Labute approximate surface area is 225 Å². The number of benzene rings is 3. The minimum Gasteiger partial charge on any atom is -0.492 e. The first-order chi connectivity index (χ1) is 18.1. The molecule has 1 N–H and O–H groups in total. The molecular formula is C29H35N3O5S. The Bertz CT molecular complexity index is 1360. The van der Waals surface area contributed by atoms with E-state index in [0.29, 0.717) is 12.4 Å². The lowest BCUT2D eigenvalue weighted by molar-refractivity contribution is -0.139. The summed E-state index contributed by atoms with van der Waals surface area (Å²) in [6.07, 6.45) is 0. The summed E-state index contributed by atoms with van der Waals surface area (Å²) in [6, 6.07) is 19.9. The second kappa shape index (κ2) is 12.6. The Balaban J connectivity index is 2.08. The maximum absolute atomic E-state index is 13.9. The van der Waals surface area contributed by atoms with Gasteiger partial charge in [-0.05, 0) is 57.5 Å². The van der Waals surface area contributed by atoms with Crippen molar-refractivity contribution < 1.29 is 22.7 Å². The Hall–Kier alpha value is -3.85. The monoisotopic (exact) mass is 537 g/mol. The summed E-state index contributed by atoms with van der Waals surface area (Å²) in [4.78, 5) is 27.9. The summed E-state index contributed by atoms with van der Waals surface area (Å²) in [6.45, 7) is 7.19. The number of hydrogen-bond donors (Lipinski definition) is 1. The van der Waals surface area contributed by atoms with E-state index in [-0.39, 0.29) is 23.0 Å². The van der Waals surface area contributed by atoms with Gasteiger partial charge in [-0.15, -0.1) is 0 Å². The van der Waals surface area contributed by atoms with E-state index in [0.717, 1.165) is 21.0 Å². The van der Waals surface area contributed by atoms with E-state index in [9.17, 15) is 18.0 Å². The molecule has 0 fully saturated rings. The molecule has 1 atom stereocenters. The van der Waals surface area contributed by atoms with E-state index >= 15 is 0 Å². The minimum atomic E-state index is -4.16. The zero-order chi connectivity index (χ0) is 27.9. The highest BCUT2D eigenvalue weighted by molar-refractivity contribution is 7.92. The van der Waals surface area contributed by atoms with E-state index in [2.05, 4.69) is 5.32 Å². The van der Waals surface area contributed by atoms with E-state index in [4.69, 9.17) is 4.74 Å². The number of ether oxygens (including phenoxy) is 1. The first-order valence-electron chi connectivity index (χ1n) is 12.5. The Morgan fingerprint density at radius 1 is 0.921 bits per heavy atom. The number of nitrogens with one attached hydrogen (secondary N) is 1. The second-order valence-corrected chi connectivity index (χ2v) is 10.9. The van der Waals surface area contributed by atoms with Crippen LogP contribution in [-0.2, 0) is 26.2 Å². The summed E-state index contributed by atoms with van der Waals surface area (Å²) in [5.41, 5.74) is 3.03. The summed E-state index contributed by atoms with van der Waals surface area (Å²) in [7, 11) is -2.67. The number of amides is 2. The number of para-hydroxylation sites is 2. The van der Waals surface area contributed by atoms with Crippen LogP contribution in [-0.4, -0.2) is 51.4 Å². The molecule has 3 aromatic carbocycles. The lowest BCUT2D eigenvalue weighted by Crippen LogP contribution is -2.50. The van der Waals surface area contributed by atoms with E-state index in [1.807, 2.05) is 38.1 Å². The van der Waals surface area contributed by atoms with Crippen LogP contribution >= 0.6 is 0 Å². The van der Waals surface area contributed by atoms with E-state index in [1.54, 1.807) is 50.2 Å². The van der Waals surface area contributed by atoms with Crippen LogP contribution in [0.1, 0.15) is 30.5 Å². The molecule has 8 nitrogen and oxygen atoms in total. The van der Waals surface area contributed by atoms with Gasteiger partial charge in [0.2, 0.25) is 11.8 Å². The number of carbonyl (C=O) groups is 2. The maximum Gasteiger partial charge on any atom is 0.264 e. The van der Waals surface area contributed by atoms with Crippen molar-refractivity contribution in [2.24, 2.45) is 0 Å². The van der Waals surface area contributed by atoms with Crippen molar-refractivity contribution in [3.05, 3.63) is 89.5 Å². The number of hydrogen-bond acceptors (Lipinski definition) is 5. The highest BCUT2D eigenvalue weighted by Gasteiger charge is 2.33. The van der Waals surface area contributed by atoms with Crippen LogP contribution in [0.4, 0.5) is 5.69 Å². The smallest absolute Gasteiger partial charge is 0.264 e. The number of carbonyl (C=O) groups excluding carboxylic acids is 2. The molecule has 0 aliphatic rings. The van der Waals surface area contributed by atoms with Gasteiger partial charge >= 0.3 is 0 Å². The Kier molecular flexibility index (Phi) is 9.52. The van der Waals surface area contributed by atoms with Gasteiger partial charge in [-0.1, -0.05) is 59.7 Å². The van der Waals surface area contributed by atoms with Crippen LogP contribution in [0.25, 0.3) is 0 Å². The number of rotatable bonds is 11. The molecule has 0 unspecified atom stereocenters. The minimum absolute atomic E-state index is 0.0478. The van der Waals surface area contributed by atoms with Gasteiger partial charge in [0.15, 0.2) is 0 Å². The maximum atomic E-state index is 13.9. The third-order valence-corrected chi connectivity index (χ3v) is 7.98. The fourth-order valence-electron chi connectivity index (χ4n) is 3.97. The van der Waals surface area contributed by atoms with Crippen LogP contribution in [0.15, 0.2) is 77.7 Å². The van der Waals surface area contributed by atoms with Crippen LogP contribution in [0.3, 0.4) is 0 Å². The zero-order valence-electron chi connectivity index (χ0n) is 22.5. The largest absolute Gasteiger partial charge is 0.492 e. The number of likely N-dealkylation sites (N-methyl/N-ethyl adjacent to an activating group) is 1. The molecule has 0 saturated heterocycles. The standard InChI is InChI=1S/C29H35N3O5S/c1-6-37-27-10-8-7-9-26(27)32(38(35,36)25-17-13-22(3)14-18-25)20-28(33)31(23(4)29(34)30-5)19-24-15-11-21(2)12-16-24/h7-18,23H,6,19-20H2,1-5H3,(H,30,34)/t23-/m0/s1.